The molecule has 1 amide bonds. The number of aryl methyl sites for hydroxylation is 1. The van der Waals surface area contributed by atoms with E-state index in [0.29, 0.717) is 16.3 Å². The van der Waals surface area contributed by atoms with Crippen LogP contribution in [0.2, 0.25) is 0 Å². The lowest BCUT2D eigenvalue weighted by atomic mass is 10.2. The van der Waals surface area contributed by atoms with Gasteiger partial charge >= 0.3 is 0 Å². The molecule has 1 fully saturated rings. The van der Waals surface area contributed by atoms with E-state index in [9.17, 15) is 9.59 Å². The summed E-state index contributed by atoms with van der Waals surface area (Å²) in [5.74, 6) is -0.0601. The number of benzene rings is 1. The molecular formula is C20H21N3O2S2. The van der Waals surface area contributed by atoms with Gasteiger partial charge in [-0.05, 0) is 55.3 Å². The van der Waals surface area contributed by atoms with Crippen molar-refractivity contribution in [3.8, 4) is 0 Å². The molecular weight excluding hydrogens is 378 g/mol. The van der Waals surface area contributed by atoms with E-state index in [0.717, 1.165) is 29.6 Å². The number of thiophene rings is 1. The number of rotatable bonds is 6. The smallest absolute Gasteiger partial charge is 0.272 e. The van der Waals surface area contributed by atoms with Gasteiger partial charge in [0.2, 0.25) is 5.91 Å². The minimum Gasteiger partial charge on any atom is -0.325 e. The highest BCUT2D eigenvalue weighted by molar-refractivity contribution is 8.00. The molecule has 0 spiro atoms. The molecule has 1 aliphatic carbocycles. The maximum atomic E-state index is 12.9. The third kappa shape index (κ3) is 3.80. The van der Waals surface area contributed by atoms with E-state index in [1.54, 1.807) is 4.57 Å². The van der Waals surface area contributed by atoms with Gasteiger partial charge in [-0.1, -0.05) is 30.8 Å². The largest absolute Gasteiger partial charge is 0.325 e. The van der Waals surface area contributed by atoms with Crippen LogP contribution >= 0.6 is 23.1 Å². The molecule has 1 aliphatic rings. The van der Waals surface area contributed by atoms with Crippen LogP contribution in [0.4, 0.5) is 5.69 Å². The van der Waals surface area contributed by atoms with E-state index < -0.39 is 0 Å². The Hall–Kier alpha value is -2.12. The second-order valence-electron chi connectivity index (χ2n) is 6.81. The highest BCUT2D eigenvalue weighted by atomic mass is 32.2. The van der Waals surface area contributed by atoms with E-state index in [1.165, 1.54) is 23.1 Å². The van der Waals surface area contributed by atoms with Crippen LogP contribution in [0.25, 0.3) is 10.2 Å². The maximum Gasteiger partial charge on any atom is 0.272 e. The van der Waals surface area contributed by atoms with Crippen LogP contribution in [0.5, 0.6) is 0 Å². The van der Waals surface area contributed by atoms with Crippen LogP contribution in [0, 0.1) is 6.92 Å². The van der Waals surface area contributed by atoms with Crippen molar-refractivity contribution in [1.29, 1.82) is 0 Å². The van der Waals surface area contributed by atoms with Gasteiger partial charge < -0.3 is 5.32 Å². The molecule has 2 aromatic heterocycles. The molecule has 0 radical (unpaired) electrons. The highest BCUT2D eigenvalue weighted by Gasteiger charge is 2.31. The Bertz CT molecular complexity index is 1050. The zero-order chi connectivity index (χ0) is 19.0. The summed E-state index contributed by atoms with van der Waals surface area (Å²) in [4.78, 5) is 30.4. The Morgan fingerprint density at radius 3 is 2.93 bits per heavy atom. The number of carbonyl (C=O) groups is 1. The molecule has 1 N–H and O–H groups in total. The number of aromatic nitrogens is 2. The van der Waals surface area contributed by atoms with Crippen molar-refractivity contribution in [3.05, 3.63) is 51.6 Å². The Morgan fingerprint density at radius 2 is 2.22 bits per heavy atom. The predicted molar refractivity (Wildman–Crippen MR) is 112 cm³/mol. The van der Waals surface area contributed by atoms with Crippen molar-refractivity contribution in [2.75, 3.05) is 5.32 Å². The zero-order valence-corrected chi connectivity index (χ0v) is 16.9. The van der Waals surface area contributed by atoms with Crippen LogP contribution in [0.15, 0.2) is 45.7 Å². The molecule has 0 unspecified atom stereocenters. The van der Waals surface area contributed by atoms with Crippen molar-refractivity contribution < 1.29 is 4.79 Å². The topological polar surface area (TPSA) is 64.0 Å². The number of thioether (sulfide) groups is 1. The zero-order valence-electron chi connectivity index (χ0n) is 15.3. The van der Waals surface area contributed by atoms with Gasteiger partial charge in [0.1, 0.15) is 4.70 Å². The molecule has 140 valence electrons. The van der Waals surface area contributed by atoms with Crippen LogP contribution in [0.3, 0.4) is 0 Å². The van der Waals surface area contributed by atoms with Crippen LogP contribution < -0.4 is 10.9 Å². The van der Waals surface area contributed by atoms with Gasteiger partial charge in [0.15, 0.2) is 5.16 Å². The fourth-order valence-corrected chi connectivity index (χ4v) is 4.89. The van der Waals surface area contributed by atoms with Gasteiger partial charge in [0.25, 0.3) is 5.56 Å². The Balaban J connectivity index is 1.62. The number of hydrogen-bond acceptors (Lipinski definition) is 5. The van der Waals surface area contributed by atoms with Crippen molar-refractivity contribution >= 4 is 44.9 Å². The van der Waals surface area contributed by atoms with Crippen LogP contribution in [-0.2, 0) is 4.79 Å². The van der Waals surface area contributed by atoms with Gasteiger partial charge in [-0.3, -0.25) is 14.2 Å². The van der Waals surface area contributed by atoms with Crippen molar-refractivity contribution in [3.63, 3.8) is 0 Å². The summed E-state index contributed by atoms with van der Waals surface area (Å²) in [6.45, 7) is 3.98. The molecule has 1 saturated carbocycles. The molecule has 1 atom stereocenters. The second-order valence-corrected chi connectivity index (χ2v) is 8.90. The summed E-state index contributed by atoms with van der Waals surface area (Å²) in [6, 6.07) is 9.85. The molecule has 1 aromatic carbocycles. The lowest BCUT2D eigenvalue weighted by Crippen LogP contribution is -2.27. The predicted octanol–water partition coefficient (Wildman–Crippen LogP) is 4.61. The van der Waals surface area contributed by atoms with Gasteiger partial charge in [0, 0.05) is 11.7 Å². The Kier molecular flexibility index (Phi) is 5.06. The van der Waals surface area contributed by atoms with Crippen molar-refractivity contribution in [2.24, 2.45) is 0 Å². The van der Waals surface area contributed by atoms with E-state index in [-0.39, 0.29) is 22.8 Å². The maximum absolute atomic E-state index is 12.9. The van der Waals surface area contributed by atoms with Gasteiger partial charge in [-0.25, -0.2) is 4.98 Å². The third-order valence-electron chi connectivity index (χ3n) is 4.59. The summed E-state index contributed by atoms with van der Waals surface area (Å²) in [5.41, 5.74) is 2.63. The van der Waals surface area contributed by atoms with E-state index in [2.05, 4.69) is 5.32 Å². The molecule has 0 aliphatic heterocycles. The number of nitrogens with zero attached hydrogens (tertiary/aromatic N) is 2. The van der Waals surface area contributed by atoms with E-state index >= 15 is 0 Å². The first-order chi connectivity index (χ1) is 13.1. The number of amides is 1. The Morgan fingerprint density at radius 1 is 1.41 bits per heavy atom. The summed E-state index contributed by atoms with van der Waals surface area (Å²) in [6.07, 6.45) is 2.65. The summed E-state index contributed by atoms with van der Waals surface area (Å²) >= 11 is 2.82. The lowest BCUT2D eigenvalue weighted by Gasteiger charge is -2.17. The van der Waals surface area contributed by atoms with E-state index in [1.807, 2.05) is 49.6 Å². The molecule has 7 heteroatoms. The first-order valence-corrected chi connectivity index (χ1v) is 10.9. The van der Waals surface area contributed by atoms with Crippen LogP contribution in [-0.4, -0.2) is 20.7 Å². The second kappa shape index (κ2) is 7.48. The fraction of sp³-hybridized carbons (Fsp3) is 0.350. The molecule has 0 bridgehead atoms. The first kappa shape index (κ1) is 18.3. The molecule has 27 heavy (non-hydrogen) atoms. The molecule has 0 saturated heterocycles. The Labute approximate surface area is 165 Å². The van der Waals surface area contributed by atoms with Crippen LogP contribution in [0.1, 0.15) is 37.8 Å². The summed E-state index contributed by atoms with van der Waals surface area (Å²) in [5, 5.41) is 5.23. The average Bonchev–Trinajstić information content (AvgIpc) is 3.36. The number of hydrogen-bond donors (Lipinski definition) is 1. The minimum atomic E-state index is -0.307. The third-order valence-corrected chi connectivity index (χ3v) is 6.81. The summed E-state index contributed by atoms with van der Waals surface area (Å²) in [7, 11) is 0. The fourth-order valence-electron chi connectivity index (χ4n) is 3.04. The molecule has 3 aromatic rings. The van der Waals surface area contributed by atoms with E-state index in [4.69, 9.17) is 4.98 Å². The van der Waals surface area contributed by atoms with Gasteiger partial charge in [0.05, 0.1) is 10.8 Å². The number of carbonyl (C=O) groups excluding carboxylic acids is 1. The highest BCUT2D eigenvalue weighted by Crippen LogP contribution is 2.38. The standard InChI is InChI=1S/C20H21N3O2S2/c1-3-16(18(24)21-13-6-4-5-12(2)11-13)27-20-22-15-9-10-26-17(15)19(25)23(20)14-7-8-14/h4-6,9-11,14,16H,3,7-8H2,1-2H3,(H,21,24)/t16-/m1/s1. The molecule has 2 heterocycles. The number of anilines is 1. The van der Waals surface area contributed by atoms with Gasteiger partial charge in [-0.15, -0.1) is 11.3 Å². The average molecular weight is 400 g/mol. The number of nitrogens with one attached hydrogen (secondary N) is 1. The lowest BCUT2D eigenvalue weighted by molar-refractivity contribution is -0.115. The number of fused-ring (bicyclic) bond motifs is 1. The van der Waals surface area contributed by atoms with Crippen molar-refractivity contribution in [2.45, 2.75) is 49.6 Å². The quantitative estimate of drug-likeness (QED) is 0.486. The molecule has 4 rings (SSSR count). The van der Waals surface area contributed by atoms with Gasteiger partial charge in [-0.2, -0.15) is 0 Å². The molecule has 5 nitrogen and oxygen atoms in total. The normalized spacial score (nSPS) is 15.0. The monoisotopic (exact) mass is 399 g/mol. The van der Waals surface area contributed by atoms with Crippen molar-refractivity contribution in [1.82, 2.24) is 9.55 Å². The SMILES string of the molecule is CC[C@@H](Sc1nc2ccsc2c(=O)n1C1CC1)C(=O)Nc1cccc(C)c1. The minimum absolute atomic E-state index is 0.0222. The summed E-state index contributed by atoms with van der Waals surface area (Å²) < 4.78 is 2.50. The first-order valence-electron chi connectivity index (χ1n) is 9.10.